The Morgan fingerprint density at radius 1 is 0.763 bits per heavy atom. The Kier molecular flexibility index (Phi) is 8.89. The number of phenolic OH excluding ortho intramolecular Hbond substituents is 1. The summed E-state index contributed by atoms with van der Waals surface area (Å²) in [6.07, 6.45) is 2.80. The number of ether oxygens (including phenoxy) is 3. The van der Waals surface area contributed by atoms with Gasteiger partial charge in [-0.05, 0) is 66.3 Å². The van der Waals surface area contributed by atoms with Crippen molar-refractivity contribution in [2.24, 2.45) is 0 Å². The number of rotatable bonds is 11. The summed E-state index contributed by atoms with van der Waals surface area (Å²) in [5, 5.41) is 10.6. The van der Waals surface area contributed by atoms with Crippen LogP contribution in [0.2, 0.25) is 0 Å². The Hall–Kier alpha value is -4.44. The minimum Gasteiger partial charge on any atom is -0.508 e. The number of allylic oxidation sites excluding steroid dienone is 2. The van der Waals surface area contributed by atoms with Crippen molar-refractivity contribution in [2.45, 2.75) is 33.5 Å². The Labute approximate surface area is 225 Å². The summed E-state index contributed by atoms with van der Waals surface area (Å²) >= 11 is 0. The third-order valence-corrected chi connectivity index (χ3v) is 6.22. The molecule has 0 aliphatic rings. The van der Waals surface area contributed by atoms with E-state index in [9.17, 15) is 5.11 Å². The van der Waals surface area contributed by atoms with E-state index >= 15 is 0 Å². The summed E-state index contributed by atoms with van der Waals surface area (Å²) in [7, 11) is 1.63. The van der Waals surface area contributed by atoms with Crippen LogP contribution in [-0.2, 0) is 19.6 Å². The lowest BCUT2D eigenvalue weighted by Gasteiger charge is -2.19. The highest BCUT2D eigenvalue weighted by molar-refractivity contribution is 5.82. The molecular weight excluding hydrogens is 472 g/mol. The first-order valence-corrected chi connectivity index (χ1v) is 12.6. The maximum atomic E-state index is 10.6. The van der Waals surface area contributed by atoms with Gasteiger partial charge in [-0.2, -0.15) is 0 Å². The van der Waals surface area contributed by atoms with E-state index in [1.165, 1.54) is 5.57 Å². The molecule has 4 aromatic rings. The molecule has 4 aromatic carbocycles. The number of phenols is 1. The molecule has 0 aliphatic carbocycles. The monoisotopic (exact) mass is 506 g/mol. The maximum absolute atomic E-state index is 10.6. The summed E-state index contributed by atoms with van der Waals surface area (Å²) in [6.45, 7) is 9.38. The predicted octanol–water partition coefficient (Wildman–Crippen LogP) is 8.13. The first kappa shape index (κ1) is 26.6. The third kappa shape index (κ3) is 6.86. The topological polar surface area (TPSA) is 47.9 Å². The van der Waals surface area contributed by atoms with E-state index in [2.05, 4.69) is 26.5 Å². The fourth-order valence-corrected chi connectivity index (χ4v) is 4.15. The highest BCUT2D eigenvalue weighted by Gasteiger charge is 2.17. The van der Waals surface area contributed by atoms with E-state index in [-0.39, 0.29) is 5.75 Å². The van der Waals surface area contributed by atoms with Crippen molar-refractivity contribution in [3.8, 4) is 23.0 Å². The van der Waals surface area contributed by atoms with Gasteiger partial charge in [0.15, 0.2) is 11.5 Å². The zero-order chi connectivity index (χ0) is 26.9. The van der Waals surface area contributed by atoms with E-state index in [1.54, 1.807) is 19.2 Å². The molecule has 4 nitrogen and oxygen atoms in total. The molecule has 0 spiro atoms. The van der Waals surface area contributed by atoms with E-state index in [4.69, 9.17) is 14.2 Å². The van der Waals surface area contributed by atoms with Crippen LogP contribution in [0.3, 0.4) is 0 Å². The van der Waals surface area contributed by atoms with Crippen LogP contribution in [0.1, 0.15) is 41.7 Å². The van der Waals surface area contributed by atoms with Gasteiger partial charge in [0.25, 0.3) is 0 Å². The van der Waals surface area contributed by atoms with Gasteiger partial charge in [-0.15, -0.1) is 0 Å². The number of hydrogen-bond donors (Lipinski definition) is 1. The molecule has 0 aromatic heterocycles. The minimum absolute atomic E-state index is 0.125. The largest absolute Gasteiger partial charge is 0.508 e. The average molecular weight is 507 g/mol. The highest BCUT2D eigenvalue weighted by Crippen LogP contribution is 2.38. The quantitative estimate of drug-likeness (QED) is 0.209. The van der Waals surface area contributed by atoms with Crippen LogP contribution in [0.5, 0.6) is 23.0 Å². The lowest BCUT2D eigenvalue weighted by molar-refractivity contribution is 0.284. The van der Waals surface area contributed by atoms with Gasteiger partial charge < -0.3 is 19.3 Å². The Morgan fingerprint density at radius 3 is 1.95 bits per heavy atom. The lowest BCUT2D eigenvalue weighted by Crippen LogP contribution is -2.03. The van der Waals surface area contributed by atoms with Crippen molar-refractivity contribution >= 4 is 5.57 Å². The summed E-state index contributed by atoms with van der Waals surface area (Å²) < 4.78 is 17.9. The van der Waals surface area contributed by atoms with Crippen molar-refractivity contribution in [3.05, 3.63) is 137 Å². The second-order valence-electron chi connectivity index (χ2n) is 9.35. The van der Waals surface area contributed by atoms with Crippen molar-refractivity contribution in [2.75, 3.05) is 7.11 Å². The number of hydrogen-bond acceptors (Lipinski definition) is 4. The molecule has 0 saturated heterocycles. The summed E-state index contributed by atoms with van der Waals surface area (Å²) in [6, 6.07) is 29.2. The van der Waals surface area contributed by atoms with Crippen LogP contribution in [0.15, 0.2) is 109 Å². The SMILES string of the molecule is C=C(c1ccc(OCc2ccccc2)c(OC)c1)c1cc(O)cc(OCc2ccccc2)c1CC=C(C)C. The minimum atomic E-state index is 0.125. The van der Waals surface area contributed by atoms with Crippen molar-refractivity contribution in [1.29, 1.82) is 0 Å². The molecule has 0 atom stereocenters. The molecule has 4 heteroatoms. The summed E-state index contributed by atoms with van der Waals surface area (Å²) in [4.78, 5) is 0. The third-order valence-electron chi connectivity index (χ3n) is 6.22. The fraction of sp³-hybridized carbons (Fsp3) is 0.176. The van der Waals surface area contributed by atoms with Gasteiger partial charge in [-0.1, -0.05) is 85.0 Å². The Bertz CT molecular complexity index is 1400. The highest BCUT2D eigenvalue weighted by atomic mass is 16.5. The molecule has 0 aliphatic heterocycles. The van der Waals surface area contributed by atoms with Gasteiger partial charge in [-0.25, -0.2) is 0 Å². The molecular formula is C34H34O4. The van der Waals surface area contributed by atoms with Gasteiger partial charge in [0.05, 0.1) is 7.11 Å². The van der Waals surface area contributed by atoms with Crippen LogP contribution < -0.4 is 14.2 Å². The normalized spacial score (nSPS) is 10.5. The number of aromatic hydroxyl groups is 1. The predicted molar refractivity (Wildman–Crippen MR) is 154 cm³/mol. The summed E-state index contributed by atoms with van der Waals surface area (Å²) in [5.41, 5.74) is 6.75. The average Bonchev–Trinajstić information content (AvgIpc) is 2.94. The second kappa shape index (κ2) is 12.7. The zero-order valence-electron chi connectivity index (χ0n) is 22.2. The summed E-state index contributed by atoms with van der Waals surface area (Å²) in [5.74, 6) is 2.03. The molecule has 4 rings (SSSR count). The van der Waals surface area contributed by atoms with Crippen LogP contribution in [-0.4, -0.2) is 12.2 Å². The number of methoxy groups -OCH3 is 1. The van der Waals surface area contributed by atoms with Crippen molar-refractivity contribution in [3.63, 3.8) is 0 Å². The molecule has 0 bridgehead atoms. The maximum Gasteiger partial charge on any atom is 0.161 e. The van der Waals surface area contributed by atoms with E-state index in [0.717, 1.165) is 33.4 Å². The standard InChI is InChI=1S/C34H34O4/c1-24(2)15-17-30-31(20-29(35)21-33(30)38-23-27-13-9-6-10-14-27)25(3)28-16-18-32(34(19-28)36-4)37-22-26-11-7-5-8-12-26/h5-16,18-21,35H,3,17,22-23H2,1-2,4H3. The Balaban J connectivity index is 1.65. The molecule has 38 heavy (non-hydrogen) atoms. The van der Waals surface area contributed by atoms with E-state index in [0.29, 0.717) is 36.9 Å². The van der Waals surface area contributed by atoms with Crippen LogP contribution in [0.4, 0.5) is 0 Å². The van der Waals surface area contributed by atoms with Gasteiger partial charge in [0.1, 0.15) is 24.7 Å². The molecule has 0 heterocycles. The van der Waals surface area contributed by atoms with Gasteiger partial charge >= 0.3 is 0 Å². The van der Waals surface area contributed by atoms with Crippen molar-refractivity contribution in [1.82, 2.24) is 0 Å². The zero-order valence-corrected chi connectivity index (χ0v) is 22.2. The van der Waals surface area contributed by atoms with Crippen LogP contribution in [0.25, 0.3) is 5.57 Å². The molecule has 1 N–H and O–H groups in total. The van der Waals surface area contributed by atoms with Crippen molar-refractivity contribution < 1.29 is 19.3 Å². The second-order valence-corrected chi connectivity index (χ2v) is 9.35. The van der Waals surface area contributed by atoms with Gasteiger partial charge in [-0.3, -0.25) is 0 Å². The van der Waals surface area contributed by atoms with Gasteiger partial charge in [0, 0.05) is 11.6 Å². The molecule has 0 unspecified atom stereocenters. The lowest BCUT2D eigenvalue weighted by atomic mass is 9.92. The van der Waals surface area contributed by atoms with Gasteiger partial charge in [0.2, 0.25) is 0 Å². The molecule has 0 amide bonds. The van der Waals surface area contributed by atoms with E-state index in [1.807, 2.05) is 78.9 Å². The molecule has 194 valence electrons. The van der Waals surface area contributed by atoms with Crippen LogP contribution >= 0.6 is 0 Å². The first-order chi connectivity index (χ1) is 18.4. The van der Waals surface area contributed by atoms with Crippen LogP contribution in [0, 0.1) is 0 Å². The Morgan fingerprint density at radius 2 is 1.37 bits per heavy atom. The molecule has 0 saturated carbocycles. The fourth-order valence-electron chi connectivity index (χ4n) is 4.15. The van der Waals surface area contributed by atoms with E-state index < -0.39 is 0 Å². The first-order valence-electron chi connectivity index (χ1n) is 12.6. The number of benzene rings is 4. The molecule has 0 radical (unpaired) electrons. The smallest absolute Gasteiger partial charge is 0.161 e. The molecule has 0 fully saturated rings.